The number of hydrogen-bond donors (Lipinski definition) is 0. The summed E-state index contributed by atoms with van der Waals surface area (Å²) in [6, 6.07) is 8.02. The van der Waals surface area contributed by atoms with E-state index in [2.05, 4.69) is 0 Å². The van der Waals surface area contributed by atoms with E-state index in [1.165, 1.54) is 0 Å². The van der Waals surface area contributed by atoms with Gasteiger partial charge >= 0.3 is 0 Å². The van der Waals surface area contributed by atoms with Crippen molar-refractivity contribution >= 4 is 12.2 Å². The molecule has 2 aromatic rings. The molecule has 0 aliphatic carbocycles. The van der Waals surface area contributed by atoms with E-state index >= 15 is 0 Å². The van der Waals surface area contributed by atoms with E-state index < -0.39 is 0 Å². The van der Waals surface area contributed by atoms with Gasteiger partial charge in [-0.3, -0.25) is 0 Å². The van der Waals surface area contributed by atoms with Crippen LogP contribution in [0.25, 0.3) is 12.2 Å². The molecule has 3 rings (SSSR count). The Labute approximate surface area is 106 Å². The lowest BCUT2D eigenvalue weighted by atomic mass is 10.2. The lowest BCUT2D eigenvalue weighted by Crippen LogP contribution is -1.86. The van der Waals surface area contributed by atoms with E-state index in [1.807, 2.05) is 60.7 Å². The number of furan rings is 2. The molecule has 2 nitrogen and oxygen atoms in total. The van der Waals surface area contributed by atoms with Gasteiger partial charge in [0.05, 0.1) is 0 Å². The molecule has 0 unspecified atom stereocenters. The van der Waals surface area contributed by atoms with Crippen molar-refractivity contribution < 1.29 is 8.83 Å². The van der Waals surface area contributed by atoms with Gasteiger partial charge in [-0.2, -0.15) is 0 Å². The quantitative estimate of drug-likeness (QED) is 0.685. The lowest BCUT2D eigenvalue weighted by molar-refractivity contribution is 0.468. The maximum absolute atomic E-state index is 5.70. The highest BCUT2D eigenvalue weighted by Gasteiger charge is 2.04. The average Bonchev–Trinajstić information content (AvgIpc) is 2.99. The largest absolute Gasteiger partial charge is 0.462 e. The highest BCUT2D eigenvalue weighted by molar-refractivity contribution is 5.48. The monoisotopic (exact) mass is 238 g/mol. The Kier molecular flexibility index (Phi) is 3.01. The maximum atomic E-state index is 5.70. The number of rotatable bonds is 0. The first kappa shape index (κ1) is 10.9. The van der Waals surface area contributed by atoms with Crippen molar-refractivity contribution in [1.82, 2.24) is 0 Å². The third kappa shape index (κ3) is 2.54. The van der Waals surface area contributed by atoms with Crippen molar-refractivity contribution in [3.8, 4) is 0 Å². The minimum absolute atomic E-state index is 0.861. The molecule has 0 saturated carbocycles. The van der Waals surface area contributed by atoms with Crippen molar-refractivity contribution in [3.63, 3.8) is 0 Å². The van der Waals surface area contributed by atoms with Crippen LogP contribution in [0.1, 0.15) is 23.0 Å². The summed E-state index contributed by atoms with van der Waals surface area (Å²) < 4.78 is 11.4. The standard InChI is InChI=1S/C16H14O2/c1-2-4-6-14-8-10-16(18-14)12-11-15-9-7-13(17-15)5-3-1/h1-10H,11-12H2/b2-1-,5-3-,6-4-. The fourth-order valence-electron chi connectivity index (χ4n) is 1.91. The molecule has 2 heteroatoms. The van der Waals surface area contributed by atoms with Crippen LogP contribution in [0.3, 0.4) is 0 Å². The Hall–Kier alpha value is -2.22. The molecule has 18 heavy (non-hydrogen) atoms. The molecule has 2 aromatic heterocycles. The number of hydrogen-bond acceptors (Lipinski definition) is 2. The van der Waals surface area contributed by atoms with Gasteiger partial charge in [-0.15, -0.1) is 0 Å². The van der Waals surface area contributed by atoms with Crippen LogP contribution in [0.4, 0.5) is 0 Å². The van der Waals surface area contributed by atoms with E-state index in [-0.39, 0.29) is 0 Å². The Morgan fingerprint density at radius 3 is 1.61 bits per heavy atom. The molecule has 0 radical (unpaired) electrons. The Morgan fingerprint density at radius 2 is 1.11 bits per heavy atom. The van der Waals surface area contributed by atoms with Crippen LogP contribution in [0.2, 0.25) is 0 Å². The first-order valence-corrected chi connectivity index (χ1v) is 6.09. The van der Waals surface area contributed by atoms with Crippen molar-refractivity contribution in [1.29, 1.82) is 0 Å². The van der Waals surface area contributed by atoms with Gasteiger partial charge in [0, 0.05) is 12.8 Å². The molecular weight excluding hydrogens is 224 g/mol. The minimum Gasteiger partial charge on any atom is -0.462 e. The SMILES string of the molecule is C1=C\C=C/c2ccc(o2)CCc2ccc(o2)\C=C/1. The van der Waals surface area contributed by atoms with Crippen molar-refractivity contribution in [2.45, 2.75) is 12.8 Å². The second kappa shape index (κ2) is 4.96. The molecule has 90 valence electrons. The highest BCUT2D eigenvalue weighted by atomic mass is 16.3. The Balaban J connectivity index is 1.91. The van der Waals surface area contributed by atoms with Crippen molar-refractivity contribution in [2.24, 2.45) is 0 Å². The summed E-state index contributed by atoms with van der Waals surface area (Å²) in [5.41, 5.74) is 0. The lowest BCUT2D eigenvalue weighted by Gasteiger charge is -1.95. The minimum atomic E-state index is 0.861. The predicted molar refractivity (Wildman–Crippen MR) is 72.0 cm³/mol. The van der Waals surface area contributed by atoms with Crippen molar-refractivity contribution in [2.75, 3.05) is 0 Å². The van der Waals surface area contributed by atoms with Crippen molar-refractivity contribution in [3.05, 3.63) is 71.6 Å². The normalized spacial score (nSPS) is 20.0. The van der Waals surface area contributed by atoms with Crippen LogP contribution >= 0.6 is 0 Å². The smallest absolute Gasteiger partial charge is 0.127 e. The molecule has 0 aromatic carbocycles. The van der Waals surface area contributed by atoms with Gasteiger partial charge < -0.3 is 8.83 Å². The van der Waals surface area contributed by atoms with E-state index in [9.17, 15) is 0 Å². The zero-order valence-electron chi connectivity index (χ0n) is 10.0. The van der Waals surface area contributed by atoms with Crippen LogP contribution in [-0.4, -0.2) is 0 Å². The van der Waals surface area contributed by atoms with Gasteiger partial charge in [-0.1, -0.05) is 24.3 Å². The second-order valence-electron chi connectivity index (χ2n) is 4.21. The van der Waals surface area contributed by atoms with Crippen LogP contribution in [0.15, 0.2) is 57.4 Å². The molecular formula is C16H14O2. The summed E-state index contributed by atoms with van der Waals surface area (Å²) in [7, 11) is 0. The van der Waals surface area contributed by atoms with Gasteiger partial charge in [-0.25, -0.2) is 0 Å². The average molecular weight is 238 g/mol. The molecule has 0 atom stereocenters. The van der Waals surface area contributed by atoms with Gasteiger partial charge in [0.15, 0.2) is 0 Å². The summed E-state index contributed by atoms with van der Waals surface area (Å²) in [4.78, 5) is 0. The summed E-state index contributed by atoms with van der Waals surface area (Å²) in [5, 5.41) is 0. The number of allylic oxidation sites excluding steroid dienone is 4. The predicted octanol–water partition coefficient (Wildman–Crippen LogP) is 4.25. The van der Waals surface area contributed by atoms with Gasteiger partial charge in [-0.05, 0) is 36.4 Å². The number of fused-ring (bicyclic) bond motifs is 4. The van der Waals surface area contributed by atoms with Gasteiger partial charge in [0.1, 0.15) is 23.0 Å². The fraction of sp³-hybridized carbons (Fsp3) is 0.125. The molecule has 0 amide bonds. The highest BCUT2D eigenvalue weighted by Crippen LogP contribution is 2.16. The molecule has 4 bridgehead atoms. The van der Waals surface area contributed by atoms with Crippen LogP contribution in [0, 0.1) is 0 Å². The number of aryl methyl sites for hydroxylation is 2. The molecule has 0 N–H and O–H groups in total. The molecule has 3 heterocycles. The Bertz CT molecular complexity index is 554. The third-order valence-electron chi connectivity index (χ3n) is 2.84. The van der Waals surface area contributed by atoms with Crippen LogP contribution < -0.4 is 0 Å². The summed E-state index contributed by atoms with van der Waals surface area (Å²) in [6.45, 7) is 0. The summed E-state index contributed by atoms with van der Waals surface area (Å²) >= 11 is 0. The van der Waals surface area contributed by atoms with E-state index in [0.717, 1.165) is 35.9 Å². The van der Waals surface area contributed by atoms with Gasteiger partial charge in [0.25, 0.3) is 0 Å². The van der Waals surface area contributed by atoms with E-state index in [1.54, 1.807) is 0 Å². The van der Waals surface area contributed by atoms with Crippen LogP contribution in [-0.2, 0) is 12.8 Å². The first-order valence-electron chi connectivity index (χ1n) is 6.09. The maximum Gasteiger partial charge on any atom is 0.127 e. The third-order valence-corrected chi connectivity index (χ3v) is 2.84. The summed E-state index contributed by atoms with van der Waals surface area (Å²) in [6.07, 6.45) is 13.5. The first-order chi connectivity index (χ1) is 8.90. The van der Waals surface area contributed by atoms with E-state index in [4.69, 9.17) is 8.83 Å². The molecule has 1 aliphatic heterocycles. The van der Waals surface area contributed by atoms with Crippen LogP contribution in [0.5, 0.6) is 0 Å². The van der Waals surface area contributed by atoms with Gasteiger partial charge in [0.2, 0.25) is 0 Å². The molecule has 1 aliphatic rings. The van der Waals surface area contributed by atoms with E-state index in [0.29, 0.717) is 0 Å². The molecule has 0 spiro atoms. The summed E-state index contributed by atoms with van der Waals surface area (Å²) in [5.74, 6) is 3.75. The zero-order chi connectivity index (χ0) is 12.2. The second-order valence-corrected chi connectivity index (χ2v) is 4.21. The molecule has 0 fully saturated rings. The fourth-order valence-corrected chi connectivity index (χ4v) is 1.91. The molecule has 0 saturated heterocycles. The topological polar surface area (TPSA) is 26.3 Å². The Morgan fingerprint density at radius 1 is 0.611 bits per heavy atom. The zero-order valence-corrected chi connectivity index (χ0v) is 10.0.